The van der Waals surface area contributed by atoms with Crippen LogP contribution in [0.2, 0.25) is 5.02 Å². The van der Waals surface area contributed by atoms with Crippen LogP contribution < -0.4 is 9.62 Å². The predicted octanol–water partition coefficient (Wildman–Crippen LogP) is 3.68. The van der Waals surface area contributed by atoms with E-state index in [4.69, 9.17) is 11.6 Å². The molecule has 0 fully saturated rings. The largest absolute Gasteiger partial charge is 0.351 e. The quantitative estimate of drug-likeness (QED) is 0.738. The lowest BCUT2D eigenvalue weighted by Crippen LogP contribution is -2.53. The van der Waals surface area contributed by atoms with Crippen LogP contribution in [0.15, 0.2) is 24.3 Å². The van der Waals surface area contributed by atoms with Gasteiger partial charge in [-0.05, 0) is 36.5 Å². The van der Waals surface area contributed by atoms with Gasteiger partial charge in [0.05, 0.1) is 11.9 Å². The van der Waals surface area contributed by atoms with Crippen molar-refractivity contribution in [2.24, 2.45) is 11.8 Å². The van der Waals surface area contributed by atoms with Crippen LogP contribution in [0.1, 0.15) is 41.0 Å². The molecule has 0 saturated carbocycles. The molecule has 0 saturated heterocycles. The van der Waals surface area contributed by atoms with Gasteiger partial charge in [0.25, 0.3) is 0 Å². The molecule has 0 aliphatic heterocycles. The molecule has 1 rings (SSSR count). The van der Waals surface area contributed by atoms with Crippen molar-refractivity contribution in [3.63, 3.8) is 0 Å². The molecule has 0 aromatic heterocycles. The summed E-state index contributed by atoms with van der Waals surface area (Å²) in [5.74, 6) is 0.207. The number of rotatable bonds is 8. The van der Waals surface area contributed by atoms with Gasteiger partial charge < -0.3 is 5.32 Å². The summed E-state index contributed by atoms with van der Waals surface area (Å²) in [6, 6.07) is 5.69. The van der Waals surface area contributed by atoms with Crippen molar-refractivity contribution < 1.29 is 13.2 Å². The van der Waals surface area contributed by atoms with Crippen LogP contribution in [0.3, 0.4) is 0 Å². The van der Waals surface area contributed by atoms with E-state index in [1.54, 1.807) is 31.2 Å². The monoisotopic (exact) mass is 388 g/mol. The summed E-state index contributed by atoms with van der Waals surface area (Å²) in [6.07, 6.45) is 1.46. The Morgan fingerprint density at radius 2 is 1.76 bits per heavy atom. The first-order valence-electron chi connectivity index (χ1n) is 8.54. The number of sulfonamides is 1. The molecule has 25 heavy (non-hydrogen) atoms. The predicted molar refractivity (Wildman–Crippen MR) is 104 cm³/mol. The number of carbonyl (C=O) groups is 1. The smallest absolute Gasteiger partial charge is 0.244 e. The number of carbonyl (C=O) groups excluding carboxylic acids is 1. The highest BCUT2D eigenvalue weighted by molar-refractivity contribution is 7.92. The lowest BCUT2D eigenvalue weighted by molar-refractivity contribution is -0.123. The van der Waals surface area contributed by atoms with E-state index in [2.05, 4.69) is 5.32 Å². The fourth-order valence-corrected chi connectivity index (χ4v) is 4.43. The second-order valence-electron chi connectivity index (χ2n) is 6.99. The van der Waals surface area contributed by atoms with Gasteiger partial charge in [-0.25, -0.2) is 8.42 Å². The summed E-state index contributed by atoms with van der Waals surface area (Å²) < 4.78 is 26.0. The van der Waals surface area contributed by atoms with Crippen molar-refractivity contribution in [2.45, 2.75) is 53.1 Å². The third kappa shape index (κ3) is 5.89. The highest BCUT2D eigenvalue weighted by Crippen LogP contribution is 2.26. The van der Waals surface area contributed by atoms with Crippen molar-refractivity contribution in [2.75, 3.05) is 10.6 Å². The molecule has 1 aromatic rings. The summed E-state index contributed by atoms with van der Waals surface area (Å²) >= 11 is 6.01. The minimum Gasteiger partial charge on any atom is -0.351 e. The molecule has 142 valence electrons. The van der Waals surface area contributed by atoms with Gasteiger partial charge in [0, 0.05) is 11.1 Å². The molecule has 0 radical (unpaired) electrons. The second-order valence-corrected chi connectivity index (χ2v) is 9.28. The summed E-state index contributed by atoms with van der Waals surface area (Å²) in [5.41, 5.74) is 0.391. The van der Waals surface area contributed by atoms with Gasteiger partial charge in [0.1, 0.15) is 6.04 Å². The fraction of sp³-hybridized carbons (Fsp3) is 0.611. The Labute approximate surface area is 156 Å². The molecule has 1 amide bonds. The van der Waals surface area contributed by atoms with Crippen LogP contribution in [-0.2, 0) is 14.8 Å². The zero-order valence-corrected chi connectivity index (χ0v) is 17.4. The first kappa shape index (κ1) is 21.8. The number of anilines is 1. The third-order valence-electron chi connectivity index (χ3n) is 4.14. The molecular formula is C18H29ClN2O3S. The molecule has 0 unspecified atom stereocenters. The van der Waals surface area contributed by atoms with Crippen LogP contribution in [0.4, 0.5) is 5.69 Å². The Balaban J connectivity index is 3.24. The van der Waals surface area contributed by atoms with Crippen molar-refractivity contribution in [3.8, 4) is 0 Å². The lowest BCUT2D eigenvalue weighted by atomic mass is 9.93. The van der Waals surface area contributed by atoms with Gasteiger partial charge in [0.2, 0.25) is 15.9 Å². The number of hydrogen-bond donors (Lipinski definition) is 1. The number of amides is 1. The zero-order chi connectivity index (χ0) is 19.4. The molecule has 7 heteroatoms. The molecule has 0 bridgehead atoms. The number of halogens is 1. The first-order chi connectivity index (χ1) is 11.5. The normalized spacial score (nSPS) is 13.4. The molecule has 0 aliphatic carbocycles. The van der Waals surface area contributed by atoms with Crippen LogP contribution in [0.25, 0.3) is 0 Å². The van der Waals surface area contributed by atoms with Crippen molar-refractivity contribution in [3.05, 3.63) is 29.3 Å². The number of nitrogens with one attached hydrogen (secondary N) is 1. The summed E-state index contributed by atoms with van der Waals surface area (Å²) in [4.78, 5) is 12.9. The van der Waals surface area contributed by atoms with Crippen LogP contribution >= 0.6 is 11.6 Å². The van der Waals surface area contributed by atoms with Gasteiger partial charge >= 0.3 is 0 Å². The van der Waals surface area contributed by atoms with Gasteiger partial charge in [-0.15, -0.1) is 0 Å². The average Bonchev–Trinajstić information content (AvgIpc) is 2.47. The minimum atomic E-state index is -3.65. The summed E-state index contributed by atoms with van der Waals surface area (Å²) in [5, 5.41) is 3.45. The Morgan fingerprint density at radius 3 is 2.16 bits per heavy atom. The van der Waals surface area contributed by atoms with E-state index in [9.17, 15) is 13.2 Å². The summed E-state index contributed by atoms with van der Waals surface area (Å²) in [6.45, 7) is 9.95. The van der Waals surface area contributed by atoms with Gasteiger partial charge in [0.15, 0.2) is 0 Å². The maximum atomic E-state index is 12.9. The van der Waals surface area contributed by atoms with Gasteiger partial charge in [-0.1, -0.05) is 52.3 Å². The van der Waals surface area contributed by atoms with Crippen molar-refractivity contribution >= 4 is 33.2 Å². The Morgan fingerprint density at radius 1 is 1.20 bits per heavy atom. The SMILES string of the molecule is CC[C@H](C(=O)NC(C(C)C)C(C)C)N(c1cccc(Cl)c1)S(C)(=O)=O. The van der Waals surface area contributed by atoms with E-state index in [1.165, 1.54) is 0 Å². The van der Waals surface area contributed by atoms with E-state index < -0.39 is 16.1 Å². The van der Waals surface area contributed by atoms with E-state index in [0.717, 1.165) is 10.6 Å². The van der Waals surface area contributed by atoms with Crippen molar-refractivity contribution in [1.29, 1.82) is 0 Å². The van der Waals surface area contributed by atoms with Crippen LogP contribution in [-0.4, -0.2) is 32.7 Å². The zero-order valence-electron chi connectivity index (χ0n) is 15.8. The maximum Gasteiger partial charge on any atom is 0.244 e. The highest BCUT2D eigenvalue weighted by atomic mass is 35.5. The molecule has 1 N–H and O–H groups in total. The topological polar surface area (TPSA) is 66.5 Å². The molecule has 1 atom stereocenters. The highest BCUT2D eigenvalue weighted by Gasteiger charge is 2.33. The lowest BCUT2D eigenvalue weighted by Gasteiger charge is -2.33. The third-order valence-corrected chi connectivity index (χ3v) is 5.55. The standard InChI is InChI=1S/C18H29ClN2O3S/c1-7-16(18(22)20-17(12(2)3)13(4)5)21(25(6,23)24)15-10-8-9-14(19)11-15/h8-13,16-17H,7H2,1-6H3,(H,20,22)/t16-/m1/s1. The second kappa shape index (κ2) is 8.90. The Hall–Kier alpha value is -1.27. The molecule has 0 aliphatic rings. The van der Waals surface area contributed by atoms with Crippen LogP contribution in [0.5, 0.6) is 0 Å². The minimum absolute atomic E-state index is 0.0256. The Kier molecular flexibility index (Phi) is 7.75. The van der Waals surface area contributed by atoms with E-state index >= 15 is 0 Å². The van der Waals surface area contributed by atoms with Crippen molar-refractivity contribution in [1.82, 2.24) is 5.32 Å². The molecule has 0 heterocycles. The number of nitrogens with zero attached hydrogens (tertiary/aromatic N) is 1. The number of hydrogen-bond acceptors (Lipinski definition) is 3. The number of benzene rings is 1. The molecule has 0 spiro atoms. The molecular weight excluding hydrogens is 360 g/mol. The maximum absolute atomic E-state index is 12.9. The molecule has 1 aromatic carbocycles. The van der Waals surface area contributed by atoms with E-state index in [-0.39, 0.29) is 23.8 Å². The average molecular weight is 389 g/mol. The van der Waals surface area contributed by atoms with Crippen LogP contribution in [0, 0.1) is 11.8 Å². The van der Waals surface area contributed by atoms with E-state index in [0.29, 0.717) is 17.1 Å². The van der Waals surface area contributed by atoms with E-state index in [1.807, 2.05) is 27.7 Å². The Bertz CT molecular complexity index is 681. The fourth-order valence-electron chi connectivity index (χ4n) is 3.04. The molecule has 5 nitrogen and oxygen atoms in total. The first-order valence-corrected chi connectivity index (χ1v) is 10.8. The van der Waals surface area contributed by atoms with Gasteiger partial charge in [-0.2, -0.15) is 0 Å². The summed E-state index contributed by atoms with van der Waals surface area (Å²) in [7, 11) is -3.65. The van der Waals surface area contributed by atoms with Gasteiger partial charge in [-0.3, -0.25) is 9.10 Å².